The highest BCUT2D eigenvalue weighted by atomic mass is 16.2. The molecule has 1 saturated heterocycles. The topological polar surface area (TPSA) is 55.2 Å². The van der Waals surface area contributed by atoms with E-state index in [1.54, 1.807) is 28.1 Å². The molecule has 5 nitrogen and oxygen atoms in total. The average Bonchev–Trinajstić information content (AvgIpc) is 2.68. The molecular weight excluding hydrogens is 350 g/mol. The Balaban J connectivity index is 1.58. The number of hydrogen-bond acceptors (Lipinski definition) is 3. The minimum atomic E-state index is -0.228. The average molecular weight is 373 g/mol. The molecule has 0 radical (unpaired) electrons. The summed E-state index contributed by atoms with van der Waals surface area (Å²) in [4.78, 5) is 32.0. The van der Waals surface area contributed by atoms with Gasteiger partial charge in [0.2, 0.25) is 0 Å². The van der Waals surface area contributed by atoms with Crippen LogP contribution in [0, 0.1) is 6.92 Å². The summed E-state index contributed by atoms with van der Waals surface area (Å²) >= 11 is 0. The van der Waals surface area contributed by atoms with Gasteiger partial charge in [0.05, 0.1) is 6.04 Å². The van der Waals surface area contributed by atoms with Crippen molar-refractivity contribution in [2.45, 2.75) is 25.8 Å². The third-order valence-corrected chi connectivity index (χ3v) is 5.59. The molecule has 5 heteroatoms. The van der Waals surface area contributed by atoms with E-state index in [-0.39, 0.29) is 23.1 Å². The molecule has 0 spiro atoms. The number of rotatable bonds is 4. The Hall–Kier alpha value is -3.21. The first-order chi connectivity index (χ1) is 13.6. The number of pyridine rings is 2. The van der Waals surface area contributed by atoms with E-state index in [0.29, 0.717) is 19.0 Å². The normalized spacial score (nSPS) is 15.1. The second-order valence-electron chi connectivity index (χ2n) is 7.36. The van der Waals surface area contributed by atoms with Crippen LogP contribution in [-0.4, -0.2) is 33.4 Å². The minimum absolute atomic E-state index is 0.137. The summed E-state index contributed by atoms with van der Waals surface area (Å²) in [5.74, 6) is 0.129. The Labute approximate surface area is 164 Å². The van der Waals surface area contributed by atoms with E-state index in [1.807, 2.05) is 62.4 Å². The lowest BCUT2D eigenvalue weighted by Gasteiger charge is -2.39. The molecule has 1 aliphatic heterocycles. The number of hydrogen-bond donors (Lipinski definition) is 0. The molecule has 0 bridgehead atoms. The molecule has 1 unspecified atom stereocenters. The zero-order valence-corrected chi connectivity index (χ0v) is 16.1. The Morgan fingerprint density at radius 2 is 1.75 bits per heavy atom. The van der Waals surface area contributed by atoms with E-state index >= 15 is 0 Å². The van der Waals surface area contributed by atoms with Gasteiger partial charge in [0.25, 0.3) is 11.5 Å². The number of carbonyl (C=O) groups excluding carboxylic acids is 1. The van der Waals surface area contributed by atoms with Crippen LogP contribution in [0.25, 0.3) is 0 Å². The predicted molar refractivity (Wildman–Crippen MR) is 109 cm³/mol. The molecule has 1 amide bonds. The van der Waals surface area contributed by atoms with Gasteiger partial charge in [-0.1, -0.05) is 30.3 Å². The maximum absolute atomic E-state index is 13.1. The molecule has 1 fully saturated rings. The van der Waals surface area contributed by atoms with Crippen molar-refractivity contribution in [2.24, 2.45) is 0 Å². The molecule has 1 aliphatic rings. The van der Waals surface area contributed by atoms with Crippen LogP contribution < -0.4 is 5.56 Å². The van der Waals surface area contributed by atoms with Crippen LogP contribution in [0.3, 0.4) is 0 Å². The largest absolute Gasteiger partial charge is 0.337 e. The Morgan fingerprint density at radius 3 is 2.43 bits per heavy atom. The predicted octanol–water partition coefficient (Wildman–Crippen LogP) is 3.40. The Kier molecular flexibility index (Phi) is 4.82. The number of aryl methyl sites for hydroxylation is 1. The molecule has 142 valence electrons. The molecule has 0 aliphatic carbocycles. The molecule has 3 heterocycles. The molecule has 0 N–H and O–H groups in total. The first kappa shape index (κ1) is 18.2. The summed E-state index contributed by atoms with van der Waals surface area (Å²) < 4.78 is 1.65. The summed E-state index contributed by atoms with van der Waals surface area (Å²) in [6.45, 7) is 5.06. The van der Waals surface area contributed by atoms with Crippen LogP contribution in [0.15, 0.2) is 71.9 Å². The first-order valence-electron chi connectivity index (χ1n) is 9.52. The van der Waals surface area contributed by atoms with E-state index in [2.05, 4.69) is 4.98 Å². The van der Waals surface area contributed by atoms with Gasteiger partial charge in [-0.15, -0.1) is 0 Å². The summed E-state index contributed by atoms with van der Waals surface area (Å²) in [6.07, 6.45) is 5.32. The summed E-state index contributed by atoms with van der Waals surface area (Å²) in [6, 6.07) is 15.5. The molecule has 1 atom stereocenters. The van der Waals surface area contributed by atoms with E-state index in [9.17, 15) is 9.59 Å². The Bertz CT molecular complexity index is 1040. The van der Waals surface area contributed by atoms with E-state index in [1.165, 1.54) is 5.56 Å². The first-order valence-corrected chi connectivity index (χ1v) is 9.52. The van der Waals surface area contributed by atoms with Crippen molar-refractivity contribution in [1.82, 2.24) is 14.5 Å². The third-order valence-electron chi connectivity index (χ3n) is 5.59. The van der Waals surface area contributed by atoms with Gasteiger partial charge in [-0.25, -0.2) is 0 Å². The van der Waals surface area contributed by atoms with Crippen LogP contribution in [0.5, 0.6) is 0 Å². The second-order valence-corrected chi connectivity index (χ2v) is 7.36. The minimum Gasteiger partial charge on any atom is -0.337 e. The van der Waals surface area contributed by atoms with Crippen LogP contribution in [0.4, 0.5) is 0 Å². The monoisotopic (exact) mass is 373 g/mol. The fourth-order valence-electron chi connectivity index (χ4n) is 3.75. The number of likely N-dealkylation sites (tertiary alicyclic amines) is 1. The fraction of sp³-hybridized carbons (Fsp3) is 0.261. The molecule has 28 heavy (non-hydrogen) atoms. The number of nitrogens with zero attached hydrogens (tertiary/aromatic N) is 3. The van der Waals surface area contributed by atoms with Gasteiger partial charge < -0.3 is 9.47 Å². The number of benzene rings is 1. The highest BCUT2D eigenvalue weighted by molar-refractivity contribution is 5.95. The third kappa shape index (κ3) is 3.24. The second kappa shape index (κ2) is 7.43. The summed E-state index contributed by atoms with van der Waals surface area (Å²) in [7, 11) is 0. The highest BCUT2D eigenvalue weighted by Gasteiger charge is 2.34. The zero-order chi connectivity index (χ0) is 19.7. The maximum Gasteiger partial charge on any atom is 0.264 e. The van der Waals surface area contributed by atoms with Gasteiger partial charge in [0.1, 0.15) is 5.56 Å². The van der Waals surface area contributed by atoms with E-state index in [4.69, 9.17) is 0 Å². The lowest BCUT2D eigenvalue weighted by Crippen LogP contribution is -2.50. The van der Waals surface area contributed by atoms with E-state index in [0.717, 1.165) is 11.1 Å². The molecule has 4 rings (SSSR count). The standard InChI is InChI=1S/C23H23N3O2/c1-16-10-13-26(17(2)18-6-4-3-5-7-18)23(28)21(16)22(27)25-14-20(15-25)19-8-11-24-12-9-19/h3-13,17,20H,14-15H2,1-2H3. The van der Waals surface area contributed by atoms with Crippen molar-refractivity contribution in [3.63, 3.8) is 0 Å². The van der Waals surface area contributed by atoms with Crippen molar-refractivity contribution >= 4 is 5.91 Å². The van der Waals surface area contributed by atoms with Crippen molar-refractivity contribution in [3.05, 3.63) is 99.7 Å². The zero-order valence-electron chi connectivity index (χ0n) is 16.1. The SMILES string of the molecule is Cc1ccn(C(C)c2ccccc2)c(=O)c1C(=O)N1CC(c2ccncc2)C1. The van der Waals surface area contributed by atoms with Gasteiger partial charge in [-0.3, -0.25) is 14.6 Å². The molecule has 0 saturated carbocycles. The van der Waals surface area contributed by atoms with Gasteiger partial charge in [-0.05, 0) is 48.7 Å². The Morgan fingerprint density at radius 1 is 1.07 bits per heavy atom. The van der Waals surface area contributed by atoms with Gasteiger partial charge in [-0.2, -0.15) is 0 Å². The van der Waals surface area contributed by atoms with Crippen LogP contribution in [-0.2, 0) is 0 Å². The van der Waals surface area contributed by atoms with Crippen LogP contribution >= 0.6 is 0 Å². The smallest absolute Gasteiger partial charge is 0.264 e. The van der Waals surface area contributed by atoms with Crippen molar-refractivity contribution in [3.8, 4) is 0 Å². The maximum atomic E-state index is 13.1. The fourth-order valence-corrected chi connectivity index (χ4v) is 3.75. The van der Waals surface area contributed by atoms with Crippen molar-refractivity contribution in [1.29, 1.82) is 0 Å². The lowest BCUT2D eigenvalue weighted by atomic mass is 9.91. The van der Waals surface area contributed by atoms with Gasteiger partial charge in [0, 0.05) is 37.6 Å². The highest BCUT2D eigenvalue weighted by Crippen LogP contribution is 2.28. The number of aromatic nitrogens is 2. The van der Waals surface area contributed by atoms with Gasteiger partial charge >= 0.3 is 0 Å². The molecular formula is C23H23N3O2. The number of carbonyl (C=O) groups is 1. The molecule has 2 aromatic heterocycles. The van der Waals surface area contributed by atoms with Gasteiger partial charge in [0.15, 0.2) is 0 Å². The summed E-state index contributed by atoms with van der Waals surface area (Å²) in [5.41, 5.74) is 2.98. The van der Waals surface area contributed by atoms with Crippen molar-refractivity contribution in [2.75, 3.05) is 13.1 Å². The van der Waals surface area contributed by atoms with E-state index < -0.39 is 0 Å². The molecule has 3 aromatic rings. The summed E-state index contributed by atoms with van der Waals surface area (Å²) in [5, 5.41) is 0. The molecule has 1 aromatic carbocycles. The number of amides is 1. The van der Waals surface area contributed by atoms with Crippen LogP contribution in [0.2, 0.25) is 0 Å². The lowest BCUT2D eigenvalue weighted by molar-refractivity contribution is 0.0599. The van der Waals surface area contributed by atoms with Crippen LogP contribution in [0.1, 0.15) is 45.9 Å². The quantitative estimate of drug-likeness (QED) is 0.704. The van der Waals surface area contributed by atoms with Crippen molar-refractivity contribution < 1.29 is 4.79 Å².